The maximum absolute atomic E-state index is 6.12. The van der Waals surface area contributed by atoms with Crippen molar-refractivity contribution >= 4 is 34.2 Å². The number of para-hydroxylation sites is 1. The zero-order valence-corrected chi connectivity index (χ0v) is 11.2. The summed E-state index contributed by atoms with van der Waals surface area (Å²) in [6.07, 6.45) is 0. The van der Waals surface area contributed by atoms with E-state index in [1.165, 1.54) is 0 Å². The number of hydrogen-bond donors (Lipinski definition) is 1. The lowest BCUT2D eigenvalue weighted by atomic mass is 10.1. The van der Waals surface area contributed by atoms with Crippen LogP contribution in [0.25, 0.3) is 22.4 Å². The molecule has 2 nitrogen and oxygen atoms in total. The van der Waals surface area contributed by atoms with Gasteiger partial charge in [0, 0.05) is 10.6 Å². The minimum Gasteiger partial charge on any atom is -0.338 e. The van der Waals surface area contributed by atoms with Gasteiger partial charge in [-0.2, -0.15) is 0 Å². The monoisotopic (exact) mass is 276 g/mol. The van der Waals surface area contributed by atoms with Crippen LogP contribution >= 0.6 is 23.2 Å². The lowest BCUT2D eigenvalue weighted by Crippen LogP contribution is -1.85. The Morgan fingerprint density at radius 1 is 1.11 bits per heavy atom. The number of aryl methyl sites for hydroxylation is 1. The number of aromatic amines is 1. The second kappa shape index (κ2) is 4.30. The summed E-state index contributed by atoms with van der Waals surface area (Å²) in [4.78, 5) is 7.80. The van der Waals surface area contributed by atoms with E-state index in [2.05, 4.69) is 9.97 Å². The molecule has 0 amide bonds. The van der Waals surface area contributed by atoms with Gasteiger partial charge in [-0.15, -0.1) is 0 Å². The van der Waals surface area contributed by atoms with Gasteiger partial charge in [-0.1, -0.05) is 35.3 Å². The highest BCUT2D eigenvalue weighted by Crippen LogP contribution is 2.28. The minimum absolute atomic E-state index is 0.648. The Morgan fingerprint density at radius 3 is 2.72 bits per heavy atom. The van der Waals surface area contributed by atoms with Crippen molar-refractivity contribution < 1.29 is 0 Å². The van der Waals surface area contributed by atoms with E-state index in [1.54, 1.807) is 0 Å². The number of benzene rings is 2. The lowest BCUT2D eigenvalue weighted by Gasteiger charge is -2.02. The van der Waals surface area contributed by atoms with E-state index in [1.807, 2.05) is 43.3 Å². The molecule has 3 aromatic rings. The summed E-state index contributed by atoms with van der Waals surface area (Å²) >= 11 is 12.1. The van der Waals surface area contributed by atoms with Gasteiger partial charge in [-0.25, -0.2) is 4.98 Å². The van der Waals surface area contributed by atoms with Crippen LogP contribution in [0.2, 0.25) is 10.0 Å². The first-order chi connectivity index (χ1) is 8.65. The van der Waals surface area contributed by atoms with Crippen LogP contribution in [0.1, 0.15) is 5.56 Å². The summed E-state index contributed by atoms with van der Waals surface area (Å²) in [6, 6.07) is 11.4. The molecule has 18 heavy (non-hydrogen) atoms. The molecule has 0 aliphatic heterocycles. The molecule has 0 atom stereocenters. The minimum atomic E-state index is 0.648. The third-order valence-corrected chi connectivity index (χ3v) is 3.46. The SMILES string of the molecule is Cc1ccc(Cl)cc1-c1nc2c(Cl)cccc2[nH]1. The van der Waals surface area contributed by atoms with Gasteiger partial charge in [0.15, 0.2) is 0 Å². The van der Waals surface area contributed by atoms with Gasteiger partial charge in [0.1, 0.15) is 11.3 Å². The molecule has 2 aromatic carbocycles. The van der Waals surface area contributed by atoms with Gasteiger partial charge in [0.25, 0.3) is 0 Å². The number of halogens is 2. The molecule has 0 saturated carbocycles. The number of aromatic nitrogens is 2. The molecule has 0 spiro atoms. The Kier molecular flexibility index (Phi) is 2.77. The highest BCUT2D eigenvalue weighted by molar-refractivity contribution is 6.35. The fraction of sp³-hybridized carbons (Fsp3) is 0.0714. The second-order valence-electron chi connectivity index (χ2n) is 4.18. The van der Waals surface area contributed by atoms with Gasteiger partial charge in [0.2, 0.25) is 0 Å². The van der Waals surface area contributed by atoms with E-state index in [0.29, 0.717) is 10.0 Å². The number of hydrogen-bond acceptors (Lipinski definition) is 1. The molecule has 0 unspecified atom stereocenters. The largest absolute Gasteiger partial charge is 0.338 e. The Hall–Kier alpha value is -1.51. The average molecular weight is 277 g/mol. The number of nitrogens with one attached hydrogen (secondary N) is 1. The Bertz CT molecular complexity index is 732. The van der Waals surface area contributed by atoms with Crippen LogP contribution in [-0.4, -0.2) is 9.97 Å². The predicted octanol–water partition coefficient (Wildman–Crippen LogP) is 4.85. The van der Waals surface area contributed by atoms with E-state index in [-0.39, 0.29) is 0 Å². The first-order valence-electron chi connectivity index (χ1n) is 5.56. The molecule has 1 heterocycles. The Balaban J connectivity index is 2.26. The van der Waals surface area contributed by atoms with Gasteiger partial charge in [-0.3, -0.25) is 0 Å². The molecular formula is C14H10Cl2N2. The molecule has 0 bridgehead atoms. The van der Waals surface area contributed by atoms with Crippen molar-refractivity contribution in [3.63, 3.8) is 0 Å². The van der Waals surface area contributed by atoms with Crippen molar-refractivity contribution in [3.8, 4) is 11.4 Å². The van der Waals surface area contributed by atoms with E-state index >= 15 is 0 Å². The summed E-state index contributed by atoms with van der Waals surface area (Å²) in [5, 5.41) is 1.34. The number of fused-ring (bicyclic) bond motifs is 1. The van der Waals surface area contributed by atoms with Crippen LogP contribution in [0.3, 0.4) is 0 Å². The van der Waals surface area contributed by atoms with Gasteiger partial charge in [-0.05, 0) is 36.8 Å². The first-order valence-corrected chi connectivity index (χ1v) is 6.31. The van der Waals surface area contributed by atoms with Crippen LogP contribution in [0.4, 0.5) is 0 Å². The predicted molar refractivity (Wildman–Crippen MR) is 76.3 cm³/mol. The second-order valence-corrected chi connectivity index (χ2v) is 5.02. The van der Waals surface area contributed by atoms with Crippen LogP contribution in [-0.2, 0) is 0 Å². The highest BCUT2D eigenvalue weighted by Gasteiger charge is 2.10. The van der Waals surface area contributed by atoms with E-state index in [0.717, 1.165) is 28.0 Å². The fourth-order valence-corrected chi connectivity index (χ4v) is 2.36. The van der Waals surface area contributed by atoms with E-state index < -0.39 is 0 Å². The average Bonchev–Trinajstić information content (AvgIpc) is 2.77. The summed E-state index contributed by atoms with van der Waals surface area (Å²) in [5.74, 6) is 0.790. The smallest absolute Gasteiger partial charge is 0.138 e. The third kappa shape index (κ3) is 1.88. The lowest BCUT2D eigenvalue weighted by molar-refractivity contribution is 1.31. The maximum Gasteiger partial charge on any atom is 0.138 e. The summed E-state index contributed by atoms with van der Waals surface area (Å²) in [6.45, 7) is 2.03. The summed E-state index contributed by atoms with van der Waals surface area (Å²) in [7, 11) is 0. The van der Waals surface area contributed by atoms with Crippen LogP contribution in [0.15, 0.2) is 36.4 Å². The number of nitrogens with zero attached hydrogens (tertiary/aromatic N) is 1. The molecule has 4 heteroatoms. The fourth-order valence-electron chi connectivity index (χ4n) is 1.97. The number of H-pyrrole nitrogens is 1. The third-order valence-electron chi connectivity index (χ3n) is 2.92. The van der Waals surface area contributed by atoms with Gasteiger partial charge >= 0.3 is 0 Å². The molecular weight excluding hydrogens is 267 g/mol. The van der Waals surface area contributed by atoms with Gasteiger partial charge in [0.05, 0.1) is 10.5 Å². The summed E-state index contributed by atoms with van der Waals surface area (Å²) < 4.78 is 0. The van der Waals surface area contributed by atoms with Crippen molar-refractivity contribution in [1.82, 2.24) is 9.97 Å². The maximum atomic E-state index is 6.12. The molecule has 1 aromatic heterocycles. The molecule has 0 aliphatic rings. The quantitative estimate of drug-likeness (QED) is 0.677. The Labute approximate surface area is 115 Å². The van der Waals surface area contributed by atoms with Crippen LogP contribution < -0.4 is 0 Å². The van der Waals surface area contributed by atoms with Gasteiger partial charge < -0.3 is 4.98 Å². The van der Waals surface area contributed by atoms with Crippen molar-refractivity contribution in [2.45, 2.75) is 6.92 Å². The summed E-state index contributed by atoms with van der Waals surface area (Å²) in [5.41, 5.74) is 3.83. The molecule has 0 saturated heterocycles. The van der Waals surface area contributed by atoms with Crippen molar-refractivity contribution in [2.24, 2.45) is 0 Å². The molecule has 0 aliphatic carbocycles. The Morgan fingerprint density at radius 2 is 1.94 bits per heavy atom. The van der Waals surface area contributed by atoms with Crippen LogP contribution in [0, 0.1) is 6.92 Å². The van der Waals surface area contributed by atoms with Crippen molar-refractivity contribution in [3.05, 3.63) is 52.0 Å². The molecule has 1 N–H and O–H groups in total. The number of imidazole rings is 1. The molecule has 90 valence electrons. The standard InChI is InChI=1S/C14H10Cl2N2/c1-8-5-6-9(15)7-10(8)14-17-12-4-2-3-11(16)13(12)18-14/h2-7H,1H3,(H,17,18). The zero-order chi connectivity index (χ0) is 12.7. The van der Waals surface area contributed by atoms with E-state index in [9.17, 15) is 0 Å². The van der Waals surface area contributed by atoms with E-state index in [4.69, 9.17) is 23.2 Å². The number of rotatable bonds is 1. The normalized spacial score (nSPS) is 11.1. The topological polar surface area (TPSA) is 28.7 Å². The zero-order valence-electron chi connectivity index (χ0n) is 9.67. The molecule has 0 fully saturated rings. The molecule has 3 rings (SSSR count). The van der Waals surface area contributed by atoms with Crippen molar-refractivity contribution in [2.75, 3.05) is 0 Å². The van der Waals surface area contributed by atoms with Crippen LogP contribution in [0.5, 0.6) is 0 Å². The highest BCUT2D eigenvalue weighted by atomic mass is 35.5. The molecule has 0 radical (unpaired) electrons. The first kappa shape index (κ1) is 11.6. The van der Waals surface area contributed by atoms with Crippen molar-refractivity contribution in [1.29, 1.82) is 0 Å².